The van der Waals surface area contributed by atoms with E-state index in [1.54, 1.807) is 0 Å². The molecular formula is C10H14N2O. The first kappa shape index (κ1) is 8.51. The summed E-state index contributed by atoms with van der Waals surface area (Å²) in [5, 5.41) is 3.33. The summed E-state index contributed by atoms with van der Waals surface area (Å²) in [6.45, 7) is 3.70. The number of aryl methyl sites for hydroxylation is 1. The third-order valence-electron chi connectivity index (χ3n) is 2.19. The quantitative estimate of drug-likeness (QED) is 0.746. The number of hydrogen-bond acceptors (Lipinski definition) is 3. The molecule has 0 aliphatic carbocycles. The van der Waals surface area contributed by atoms with Crippen LogP contribution in [0, 0.1) is 6.92 Å². The number of ether oxygens (including phenoxy) is 1. The molecule has 1 aromatic rings. The van der Waals surface area contributed by atoms with Gasteiger partial charge in [-0.25, -0.2) is 4.98 Å². The Bertz CT molecular complexity index is 265. The molecule has 0 aromatic carbocycles. The minimum atomic E-state index is 0.440. The number of nitrogens with zero attached hydrogens (tertiary/aromatic N) is 1. The maximum absolute atomic E-state index is 5.26. The molecule has 0 saturated carbocycles. The topological polar surface area (TPSA) is 34.1 Å². The van der Waals surface area contributed by atoms with E-state index in [2.05, 4.69) is 16.4 Å². The van der Waals surface area contributed by atoms with Gasteiger partial charge in [0.25, 0.3) is 0 Å². The number of hydrogen-bond donors (Lipinski definition) is 1. The minimum Gasteiger partial charge on any atom is -0.379 e. The summed E-state index contributed by atoms with van der Waals surface area (Å²) in [4.78, 5) is 4.28. The third kappa shape index (κ3) is 2.18. The van der Waals surface area contributed by atoms with Crippen molar-refractivity contribution < 1.29 is 4.74 Å². The first-order valence-electron chi connectivity index (χ1n) is 4.61. The predicted molar refractivity (Wildman–Crippen MR) is 51.8 cm³/mol. The van der Waals surface area contributed by atoms with Gasteiger partial charge in [0.1, 0.15) is 5.82 Å². The van der Waals surface area contributed by atoms with Crippen LogP contribution in [0.1, 0.15) is 12.0 Å². The van der Waals surface area contributed by atoms with Crippen LogP contribution in [-0.4, -0.2) is 24.2 Å². The highest BCUT2D eigenvalue weighted by Crippen LogP contribution is 2.11. The van der Waals surface area contributed by atoms with Crippen LogP contribution in [0.2, 0.25) is 0 Å². The molecule has 0 spiro atoms. The summed E-state index contributed by atoms with van der Waals surface area (Å²) >= 11 is 0. The van der Waals surface area contributed by atoms with E-state index in [1.807, 2.05) is 19.2 Å². The zero-order valence-electron chi connectivity index (χ0n) is 7.79. The molecule has 1 aliphatic rings. The van der Waals surface area contributed by atoms with Gasteiger partial charge >= 0.3 is 0 Å². The predicted octanol–water partition coefficient (Wildman–Crippen LogP) is 1.59. The maximum atomic E-state index is 5.26. The Hall–Kier alpha value is -1.09. The zero-order valence-corrected chi connectivity index (χ0v) is 7.79. The van der Waals surface area contributed by atoms with Crippen molar-refractivity contribution in [1.82, 2.24) is 4.98 Å². The van der Waals surface area contributed by atoms with Crippen LogP contribution in [0.25, 0.3) is 0 Å². The van der Waals surface area contributed by atoms with Crippen molar-refractivity contribution in [2.75, 3.05) is 18.5 Å². The Labute approximate surface area is 78.1 Å². The summed E-state index contributed by atoms with van der Waals surface area (Å²) in [5.74, 6) is 0.945. The van der Waals surface area contributed by atoms with Crippen LogP contribution in [0.15, 0.2) is 18.3 Å². The largest absolute Gasteiger partial charge is 0.379 e. The fraction of sp³-hybridized carbons (Fsp3) is 0.500. The lowest BCUT2D eigenvalue weighted by Gasteiger charge is -2.10. The molecule has 0 bridgehead atoms. The fourth-order valence-corrected chi connectivity index (χ4v) is 1.41. The summed E-state index contributed by atoms with van der Waals surface area (Å²) in [6.07, 6.45) is 2.95. The number of anilines is 1. The number of aromatic nitrogens is 1. The number of pyridine rings is 1. The van der Waals surface area contributed by atoms with E-state index in [4.69, 9.17) is 4.74 Å². The summed E-state index contributed by atoms with van der Waals surface area (Å²) in [7, 11) is 0. The van der Waals surface area contributed by atoms with Gasteiger partial charge in [-0.15, -0.1) is 0 Å². The van der Waals surface area contributed by atoms with Gasteiger partial charge in [0.15, 0.2) is 0 Å². The van der Waals surface area contributed by atoms with E-state index in [1.165, 1.54) is 5.56 Å². The molecule has 1 aliphatic heterocycles. The molecule has 1 fully saturated rings. The summed E-state index contributed by atoms with van der Waals surface area (Å²) < 4.78 is 5.26. The van der Waals surface area contributed by atoms with Crippen LogP contribution in [0.4, 0.5) is 5.82 Å². The summed E-state index contributed by atoms with van der Waals surface area (Å²) in [6, 6.07) is 4.51. The van der Waals surface area contributed by atoms with Crippen molar-refractivity contribution in [1.29, 1.82) is 0 Å². The van der Waals surface area contributed by atoms with Crippen LogP contribution in [0.5, 0.6) is 0 Å². The average molecular weight is 178 g/mol. The lowest BCUT2D eigenvalue weighted by molar-refractivity contribution is 0.195. The fourth-order valence-electron chi connectivity index (χ4n) is 1.41. The van der Waals surface area contributed by atoms with Gasteiger partial charge in [0, 0.05) is 12.8 Å². The Morgan fingerprint density at radius 3 is 3.08 bits per heavy atom. The van der Waals surface area contributed by atoms with Gasteiger partial charge in [0.2, 0.25) is 0 Å². The van der Waals surface area contributed by atoms with Crippen LogP contribution >= 0.6 is 0 Å². The molecule has 0 amide bonds. The Kier molecular flexibility index (Phi) is 2.45. The standard InChI is InChI=1S/C10H14N2O/c1-8-2-3-10(11-6-8)12-9-4-5-13-7-9/h2-3,6,9H,4-5,7H2,1H3,(H,11,12)/t9-/m1/s1. The van der Waals surface area contributed by atoms with Gasteiger partial charge in [-0.2, -0.15) is 0 Å². The molecular weight excluding hydrogens is 164 g/mol. The Morgan fingerprint density at radius 2 is 2.46 bits per heavy atom. The SMILES string of the molecule is Cc1ccc(N[C@@H]2CCOC2)nc1. The molecule has 2 heterocycles. The Balaban J connectivity index is 1.97. The van der Waals surface area contributed by atoms with E-state index in [0.29, 0.717) is 6.04 Å². The molecule has 0 unspecified atom stereocenters. The molecule has 3 nitrogen and oxygen atoms in total. The summed E-state index contributed by atoms with van der Waals surface area (Å²) in [5.41, 5.74) is 1.19. The highest BCUT2D eigenvalue weighted by molar-refractivity contribution is 5.36. The third-order valence-corrected chi connectivity index (χ3v) is 2.19. The molecule has 1 atom stereocenters. The molecule has 13 heavy (non-hydrogen) atoms. The highest BCUT2D eigenvalue weighted by atomic mass is 16.5. The zero-order chi connectivity index (χ0) is 9.10. The molecule has 0 radical (unpaired) electrons. The van der Waals surface area contributed by atoms with E-state index in [-0.39, 0.29) is 0 Å². The lowest BCUT2D eigenvalue weighted by Crippen LogP contribution is -2.19. The smallest absolute Gasteiger partial charge is 0.126 e. The lowest BCUT2D eigenvalue weighted by atomic mass is 10.2. The minimum absolute atomic E-state index is 0.440. The molecule has 2 rings (SSSR count). The van der Waals surface area contributed by atoms with Crippen molar-refractivity contribution >= 4 is 5.82 Å². The number of nitrogens with one attached hydrogen (secondary N) is 1. The normalized spacial score (nSPS) is 21.8. The second-order valence-electron chi connectivity index (χ2n) is 3.43. The van der Waals surface area contributed by atoms with Crippen LogP contribution in [-0.2, 0) is 4.74 Å². The average Bonchev–Trinajstić information content (AvgIpc) is 2.62. The molecule has 70 valence electrons. The van der Waals surface area contributed by atoms with E-state index < -0.39 is 0 Å². The van der Waals surface area contributed by atoms with Gasteiger partial charge in [-0.3, -0.25) is 0 Å². The first-order valence-corrected chi connectivity index (χ1v) is 4.61. The van der Waals surface area contributed by atoms with Crippen LogP contribution < -0.4 is 5.32 Å². The molecule has 1 aromatic heterocycles. The van der Waals surface area contributed by atoms with Crippen molar-refractivity contribution in [2.24, 2.45) is 0 Å². The van der Waals surface area contributed by atoms with Crippen molar-refractivity contribution in [2.45, 2.75) is 19.4 Å². The monoisotopic (exact) mass is 178 g/mol. The Morgan fingerprint density at radius 1 is 1.54 bits per heavy atom. The van der Waals surface area contributed by atoms with Gasteiger partial charge in [-0.05, 0) is 25.0 Å². The van der Waals surface area contributed by atoms with Crippen LogP contribution in [0.3, 0.4) is 0 Å². The van der Waals surface area contributed by atoms with E-state index in [0.717, 1.165) is 25.5 Å². The van der Waals surface area contributed by atoms with Gasteiger partial charge in [-0.1, -0.05) is 6.07 Å². The second-order valence-corrected chi connectivity index (χ2v) is 3.43. The second kappa shape index (κ2) is 3.75. The highest BCUT2D eigenvalue weighted by Gasteiger charge is 2.14. The van der Waals surface area contributed by atoms with Crippen molar-refractivity contribution in [3.05, 3.63) is 23.9 Å². The van der Waals surface area contributed by atoms with Gasteiger partial charge < -0.3 is 10.1 Å². The van der Waals surface area contributed by atoms with Gasteiger partial charge in [0.05, 0.1) is 12.6 Å². The molecule has 3 heteroatoms. The van der Waals surface area contributed by atoms with Crippen molar-refractivity contribution in [3.8, 4) is 0 Å². The van der Waals surface area contributed by atoms with E-state index in [9.17, 15) is 0 Å². The van der Waals surface area contributed by atoms with Crippen molar-refractivity contribution in [3.63, 3.8) is 0 Å². The van der Waals surface area contributed by atoms with E-state index >= 15 is 0 Å². The first-order chi connectivity index (χ1) is 6.34. The molecule has 1 N–H and O–H groups in total. The molecule has 1 saturated heterocycles. The maximum Gasteiger partial charge on any atom is 0.126 e. The number of rotatable bonds is 2.